The van der Waals surface area contributed by atoms with E-state index >= 15 is 0 Å². The van der Waals surface area contributed by atoms with E-state index in [2.05, 4.69) is 42.7 Å². The average molecular weight is 294 g/mol. The molecule has 0 saturated heterocycles. The van der Waals surface area contributed by atoms with Crippen LogP contribution in [0.3, 0.4) is 0 Å². The Labute approximate surface area is 124 Å². The lowest BCUT2D eigenvalue weighted by Crippen LogP contribution is -2.15. The van der Waals surface area contributed by atoms with E-state index in [0.29, 0.717) is 6.42 Å². The van der Waals surface area contributed by atoms with Gasteiger partial charge in [0.25, 0.3) is 0 Å². The minimum atomic E-state index is 0.154. The molecule has 2 rings (SSSR count). The fourth-order valence-electron chi connectivity index (χ4n) is 2.46. The van der Waals surface area contributed by atoms with Gasteiger partial charge in [0, 0.05) is 22.3 Å². The van der Waals surface area contributed by atoms with E-state index in [1.54, 1.807) is 11.3 Å². The third-order valence-corrected chi connectivity index (χ3v) is 6.02. The summed E-state index contributed by atoms with van der Waals surface area (Å²) in [6.45, 7) is 2.54. The highest BCUT2D eigenvalue weighted by Gasteiger charge is 2.19. The summed E-state index contributed by atoms with van der Waals surface area (Å²) in [4.78, 5) is 2.55. The molecule has 0 aliphatic heterocycles. The van der Waals surface area contributed by atoms with Crippen LogP contribution in [0.25, 0.3) is 0 Å². The molecule has 0 amide bonds. The van der Waals surface area contributed by atoms with Crippen molar-refractivity contribution in [2.45, 2.75) is 50.0 Å². The monoisotopic (exact) mass is 294 g/mol. The van der Waals surface area contributed by atoms with Crippen molar-refractivity contribution in [2.24, 2.45) is 5.92 Å². The normalized spacial score (nSPS) is 22.8. The van der Waals surface area contributed by atoms with Crippen LogP contribution in [0.1, 0.15) is 48.8 Å². The molecule has 19 heavy (non-hydrogen) atoms. The van der Waals surface area contributed by atoms with Gasteiger partial charge in [-0.2, -0.15) is 11.8 Å². The first kappa shape index (κ1) is 15.0. The summed E-state index contributed by atoms with van der Waals surface area (Å²) < 4.78 is 0. The first-order valence-electron chi connectivity index (χ1n) is 7.08. The Balaban J connectivity index is 1.78. The van der Waals surface area contributed by atoms with E-state index in [1.165, 1.54) is 30.6 Å². The maximum Gasteiger partial charge on any atom is 0.0771 e. The van der Waals surface area contributed by atoms with Gasteiger partial charge in [-0.15, -0.1) is 11.3 Å². The van der Waals surface area contributed by atoms with Gasteiger partial charge in [-0.3, -0.25) is 0 Å². The van der Waals surface area contributed by atoms with Crippen molar-refractivity contribution >= 4 is 23.1 Å². The third-order valence-electron chi connectivity index (χ3n) is 3.46. The summed E-state index contributed by atoms with van der Waals surface area (Å²) in [5.74, 6) is 8.13. The van der Waals surface area contributed by atoms with Gasteiger partial charge < -0.3 is 5.11 Å². The number of hydrogen-bond donors (Lipinski definition) is 1. The van der Waals surface area contributed by atoms with Crippen molar-refractivity contribution < 1.29 is 5.11 Å². The predicted molar refractivity (Wildman–Crippen MR) is 85.6 cm³/mol. The molecule has 0 bridgehead atoms. The molecular weight excluding hydrogens is 272 g/mol. The lowest BCUT2D eigenvalue weighted by atomic mass is 9.91. The Morgan fingerprint density at radius 3 is 3.11 bits per heavy atom. The van der Waals surface area contributed by atoms with Crippen molar-refractivity contribution in [1.29, 1.82) is 0 Å². The zero-order valence-corrected chi connectivity index (χ0v) is 13.2. The molecule has 1 heterocycles. The molecule has 1 aliphatic carbocycles. The highest BCUT2D eigenvalue weighted by molar-refractivity contribution is 7.99. The highest BCUT2D eigenvalue weighted by atomic mass is 32.2. The third kappa shape index (κ3) is 5.22. The van der Waals surface area contributed by atoms with Crippen LogP contribution in [0, 0.1) is 17.8 Å². The summed E-state index contributed by atoms with van der Waals surface area (Å²) in [6.07, 6.45) is 6.17. The molecule has 1 saturated carbocycles. The van der Waals surface area contributed by atoms with Gasteiger partial charge in [-0.1, -0.05) is 31.6 Å². The van der Waals surface area contributed by atoms with Crippen LogP contribution in [0.2, 0.25) is 0 Å². The molecule has 0 aromatic carbocycles. The Bertz CT molecular complexity index is 441. The van der Waals surface area contributed by atoms with E-state index in [-0.39, 0.29) is 6.61 Å². The zero-order chi connectivity index (χ0) is 13.5. The van der Waals surface area contributed by atoms with Crippen LogP contribution in [-0.2, 0) is 5.75 Å². The lowest BCUT2D eigenvalue weighted by molar-refractivity contribution is 0.305. The van der Waals surface area contributed by atoms with Gasteiger partial charge >= 0.3 is 0 Å². The average Bonchev–Trinajstić information content (AvgIpc) is 2.85. The largest absolute Gasteiger partial charge is 0.395 e. The van der Waals surface area contributed by atoms with Crippen molar-refractivity contribution in [2.75, 3.05) is 6.61 Å². The van der Waals surface area contributed by atoms with Crippen molar-refractivity contribution in [3.8, 4) is 11.8 Å². The Morgan fingerprint density at radius 2 is 2.32 bits per heavy atom. The molecule has 1 aromatic rings. The van der Waals surface area contributed by atoms with Crippen LogP contribution in [0.5, 0.6) is 0 Å². The maximum atomic E-state index is 8.70. The fourth-order valence-corrected chi connectivity index (χ4v) is 4.87. The summed E-state index contributed by atoms with van der Waals surface area (Å²) >= 11 is 3.91. The summed E-state index contributed by atoms with van der Waals surface area (Å²) in [5.41, 5.74) is 0. The topological polar surface area (TPSA) is 20.2 Å². The second-order valence-electron chi connectivity index (χ2n) is 5.25. The fraction of sp³-hybridized carbons (Fsp3) is 0.625. The molecule has 2 atom stereocenters. The first-order chi connectivity index (χ1) is 9.28. The number of aliphatic hydroxyl groups is 1. The Morgan fingerprint density at radius 1 is 1.42 bits per heavy atom. The molecule has 104 valence electrons. The predicted octanol–water partition coefficient (Wildman–Crippen LogP) is 4.29. The van der Waals surface area contributed by atoms with E-state index in [9.17, 15) is 0 Å². The van der Waals surface area contributed by atoms with E-state index < -0.39 is 0 Å². The van der Waals surface area contributed by atoms with Crippen LogP contribution in [-0.4, -0.2) is 17.0 Å². The standard InChI is InChI=1S/C16H22OS2/c1-13-5-4-7-15(11-13)18-12-16-9-8-14(19-16)6-2-3-10-17/h8-9,13,15,17H,3-5,7,10-12H2,1H3. The minimum Gasteiger partial charge on any atom is -0.395 e. The van der Waals surface area contributed by atoms with Gasteiger partial charge in [0.2, 0.25) is 0 Å². The van der Waals surface area contributed by atoms with Crippen LogP contribution >= 0.6 is 23.1 Å². The second-order valence-corrected chi connectivity index (χ2v) is 7.70. The number of thiophene rings is 1. The van der Waals surface area contributed by atoms with E-state index in [1.807, 2.05) is 0 Å². The van der Waals surface area contributed by atoms with Gasteiger partial charge in [-0.25, -0.2) is 0 Å². The van der Waals surface area contributed by atoms with Gasteiger partial charge in [0.1, 0.15) is 0 Å². The summed E-state index contributed by atoms with van der Waals surface area (Å²) in [6, 6.07) is 4.31. The number of hydrogen-bond acceptors (Lipinski definition) is 3. The van der Waals surface area contributed by atoms with Crippen molar-refractivity contribution in [3.63, 3.8) is 0 Å². The van der Waals surface area contributed by atoms with Gasteiger partial charge in [0.05, 0.1) is 11.5 Å². The highest BCUT2D eigenvalue weighted by Crippen LogP contribution is 2.34. The smallest absolute Gasteiger partial charge is 0.0771 e. The lowest BCUT2D eigenvalue weighted by Gasteiger charge is -2.25. The summed E-state index contributed by atoms with van der Waals surface area (Å²) in [7, 11) is 0. The Kier molecular flexibility index (Phi) is 6.30. The molecule has 0 spiro atoms. The minimum absolute atomic E-state index is 0.154. The molecule has 1 nitrogen and oxygen atoms in total. The molecule has 2 unspecified atom stereocenters. The van der Waals surface area contributed by atoms with Crippen molar-refractivity contribution in [3.05, 3.63) is 21.9 Å². The quantitative estimate of drug-likeness (QED) is 0.836. The molecular formula is C16H22OS2. The van der Waals surface area contributed by atoms with Crippen molar-refractivity contribution in [1.82, 2.24) is 0 Å². The van der Waals surface area contributed by atoms with E-state index in [4.69, 9.17) is 5.11 Å². The molecule has 1 N–H and O–H groups in total. The SMILES string of the molecule is CC1CCCC(SCc2ccc(C#CCCO)s2)C1. The molecule has 0 radical (unpaired) electrons. The number of aliphatic hydroxyl groups excluding tert-OH is 1. The van der Waals surface area contributed by atoms with Gasteiger partial charge in [-0.05, 0) is 30.9 Å². The van der Waals surface area contributed by atoms with Gasteiger partial charge in [0.15, 0.2) is 0 Å². The molecule has 1 aliphatic rings. The number of thioether (sulfide) groups is 1. The van der Waals surface area contributed by atoms with Crippen LogP contribution < -0.4 is 0 Å². The molecule has 1 aromatic heterocycles. The zero-order valence-electron chi connectivity index (χ0n) is 11.5. The van der Waals surface area contributed by atoms with Crippen LogP contribution in [0.4, 0.5) is 0 Å². The van der Waals surface area contributed by atoms with E-state index in [0.717, 1.165) is 21.8 Å². The Hall–Kier alpha value is -0.430. The first-order valence-corrected chi connectivity index (χ1v) is 8.94. The number of rotatable bonds is 4. The summed E-state index contributed by atoms with van der Waals surface area (Å²) in [5, 5.41) is 9.55. The molecule has 3 heteroatoms. The molecule has 1 fully saturated rings. The second kappa shape index (κ2) is 7.99. The van der Waals surface area contributed by atoms with Crippen LogP contribution in [0.15, 0.2) is 12.1 Å². The maximum absolute atomic E-state index is 8.70.